The molecular weight excluding hydrogens is 250 g/mol. The molecule has 2 unspecified atom stereocenters. The monoisotopic (exact) mass is 269 g/mol. The van der Waals surface area contributed by atoms with Gasteiger partial charge in [-0.2, -0.15) is 0 Å². The predicted octanol–water partition coefficient (Wildman–Crippen LogP) is 2.39. The maximum absolute atomic E-state index is 6.20. The molecule has 1 fully saturated rings. The van der Waals surface area contributed by atoms with Crippen LogP contribution in [0.5, 0.6) is 0 Å². The highest BCUT2D eigenvalue weighted by molar-refractivity contribution is 6.31. The van der Waals surface area contributed by atoms with Gasteiger partial charge in [0.15, 0.2) is 0 Å². The van der Waals surface area contributed by atoms with Gasteiger partial charge in [-0.25, -0.2) is 4.98 Å². The number of morpholine rings is 1. The van der Waals surface area contributed by atoms with Gasteiger partial charge in [-0.15, -0.1) is 0 Å². The summed E-state index contributed by atoms with van der Waals surface area (Å²) in [6.07, 6.45) is 0.528. The van der Waals surface area contributed by atoms with Crippen LogP contribution in [0, 0.1) is 0 Å². The first-order valence-corrected chi connectivity index (χ1v) is 6.67. The van der Waals surface area contributed by atoms with E-state index in [1.807, 2.05) is 19.2 Å². The van der Waals surface area contributed by atoms with E-state index in [-0.39, 0.29) is 12.2 Å². The molecular formula is C13H20ClN3O. The van der Waals surface area contributed by atoms with Crippen molar-refractivity contribution >= 4 is 17.4 Å². The van der Waals surface area contributed by atoms with Crippen LogP contribution in [0.4, 0.5) is 5.82 Å². The van der Waals surface area contributed by atoms with E-state index in [9.17, 15) is 0 Å². The van der Waals surface area contributed by atoms with E-state index in [0.717, 1.165) is 36.2 Å². The van der Waals surface area contributed by atoms with E-state index in [2.05, 4.69) is 29.0 Å². The third-order valence-electron chi connectivity index (χ3n) is 3.04. The molecule has 18 heavy (non-hydrogen) atoms. The lowest BCUT2D eigenvalue weighted by atomic mass is 10.2. The lowest BCUT2D eigenvalue weighted by Crippen LogP contribution is -2.45. The zero-order valence-electron chi connectivity index (χ0n) is 11.1. The van der Waals surface area contributed by atoms with Gasteiger partial charge in [0.2, 0.25) is 0 Å². The zero-order valence-corrected chi connectivity index (χ0v) is 11.9. The van der Waals surface area contributed by atoms with Gasteiger partial charge in [0.1, 0.15) is 5.82 Å². The Kier molecular flexibility index (Phi) is 4.43. The van der Waals surface area contributed by atoms with Crippen LogP contribution in [-0.4, -0.2) is 42.2 Å². The topological polar surface area (TPSA) is 37.4 Å². The average Bonchev–Trinajstić information content (AvgIpc) is 2.30. The molecule has 1 aliphatic heterocycles. The number of nitrogens with one attached hydrogen (secondary N) is 1. The Morgan fingerprint density at radius 1 is 1.39 bits per heavy atom. The zero-order chi connectivity index (χ0) is 13.1. The van der Waals surface area contributed by atoms with Crippen molar-refractivity contribution in [3.05, 3.63) is 22.8 Å². The summed E-state index contributed by atoms with van der Waals surface area (Å²) in [5.41, 5.74) is 0.921. The summed E-state index contributed by atoms with van der Waals surface area (Å²) < 4.78 is 5.72. The summed E-state index contributed by atoms with van der Waals surface area (Å²) >= 11 is 6.20. The lowest BCUT2D eigenvalue weighted by molar-refractivity contribution is -0.0707. The second kappa shape index (κ2) is 5.87. The van der Waals surface area contributed by atoms with Crippen LogP contribution in [0.1, 0.15) is 19.5 Å². The summed E-state index contributed by atoms with van der Waals surface area (Å²) in [6.45, 7) is 6.81. The Hall–Kier alpha value is -0.840. The minimum Gasteiger partial charge on any atom is -0.373 e. The van der Waals surface area contributed by atoms with E-state index < -0.39 is 0 Å². The minimum atomic E-state index is 0.264. The number of ether oxygens (including phenoxy) is 1. The Labute approximate surface area is 113 Å². The number of anilines is 1. The number of nitrogens with zero attached hydrogens (tertiary/aromatic N) is 2. The van der Waals surface area contributed by atoms with Gasteiger partial charge in [0, 0.05) is 26.7 Å². The van der Waals surface area contributed by atoms with E-state index in [1.165, 1.54) is 0 Å². The highest BCUT2D eigenvalue weighted by Crippen LogP contribution is 2.20. The summed E-state index contributed by atoms with van der Waals surface area (Å²) in [6, 6.07) is 3.78. The number of halogens is 1. The summed E-state index contributed by atoms with van der Waals surface area (Å²) in [5.74, 6) is 0.851. The van der Waals surface area contributed by atoms with Crippen LogP contribution < -0.4 is 5.32 Å². The van der Waals surface area contributed by atoms with Crippen molar-refractivity contribution in [2.45, 2.75) is 32.6 Å². The molecule has 1 aromatic heterocycles. The van der Waals surface area contributed by atoms with Crippen LogP contribution in [0.15, 0.2) is 12.1 Å². The summed E-state index contributed by atoms with van der Waals surface area (Å²) in [7, 11) is 1.86. The highest BCUT2D eigenvalue weighted by Gasteiger charge is 2.23. The molecule has 2 atom stereocenters. The molecule has 0 spiro atoms. The summed E-state index contributed by atoms with van der Waals surface area (Å²) in [5, 5.41) is 3.76. The van der Waals surface area contributed by atoms with E-state index in [0.29, 0.717) is 0 Å². The lowest BCUT2D eigenvalue weighted by Gasteiger charge is -2.35. The van der Waals surface area contributed by atoms with Crippen molar-refractivity contribution < 1.29 is 4.74 Å². The van der Waals surface area contributed by atoms with Gasteiger partial charge in [-0.1, -0.05) is 11.6 Å². The van der Waals surface area contributed by atoms with Crippen molar-refractivity contribution in [1.82, 2.24) is 9.88 Å². The number of pyridine rings is 1. The van der Waals surface area contributed by atoms with Crippen molar-refractivity contribution in [3.63, 3.8) is 0 Å². The van der Waals surface area contributed by atoms with Crippen LogP contribution in [-0.2, 0) is 11.3 Å². The third-order valence-corrected chi connectivity index (χ3v) is 3.39. The molecule has 0 bridgehead atoms. The van der Waals surface area contributed by atoms with Gasteiger partial charge >= 0.3 is 0 Å². The first kappa shape index (κ1) is 13.6. The molecule has 4 nitrogen and oxygen atoms in total. The molecule has 1 aliphatic rings. The van der Waals surface area contributed by atoms with Crippen molar-refractivity contribution in [3.8, 4) is 0 Å². The predicted molar refractivity (Wildman–Crippen MR) is 74.1 cm³/mol. The molecule has 0 amide bonds. The van der Waals surface area contributed by atoms with Gasteiger partial charge < -0.3 is 10.1 Å². The number of hydrogen-bond acceptors (Lipinski definition) is 4. The molecule has 2 heterocycles. The number of aromatic nitrogens is 1. The maximum atomic E-state index is 6.20. The van der Waals surface area contributed by atoms with Crippen LogP contribution in [0.2, 0.25) is 5.02 Å². The van der Waals surface area contributed by atoms with Gasteiger partial charge in [-0.3, -0.25) is 4.90 Å². The standard InChI is InChI=1S/C13H20ClN3O/c1-9-6-17(7-10(2)18-9)8-12-11(14)4-5-13(15-3)16-12/h4-5,9-10H,6-8H2,1-3H3,(H,15,16). The van der Waals surface area contributed by atoms with Crippen LogP contribution in [0.25, 0.3) is 0 Å². The molecule has 1 aromatic rings. The Morgan fingerprint density at radius 3 is 2.67 bits per heavy atom. The largest absolute Gasteiger partial charge is 0.373 e. The fourth-order valence-corrected chi connectivity index (χ4v) is 2.52. The molecule has 2 rings (SSSR count). The van der Waals surface area contributed by atoms with E-state index >= 15 is 0 Å². The van der Waals surface area contributed by atoms with Gasteiger partial charge in [0.05, 0.1) is 22.9 Å². The average molecular weight is 270 g/mol. The molecule has 0 radical (unpaired) electrons. The molecule has 0 aliphatic carbocycles. The van der Waals surface area contributed by atoms with E-state index in [1.54, 1.807) is 0 Å². The van der Waals surface area contributed by atoms with Gasteiger partial charge in [0.25, 0.3) is 0 Å². The molecule has 0 saturated carbocycles. The quantitative estimate of drug-likeness (QED) is 0.914. The minimum absolute atomic E-state index is 0.264. The summed E-state index contributed by atoms with van der Waals surface area (Å²) in [4.78, 5) is 6.85. The van der Waals surface area contributed by atoms with Gasteiger partial charge in [-0.05, 0) is 26.0 Å². The van der Waals surface area contributed by atoms with Crippen LogP contribution >= 0.6 is 11.6 Å². The molecule has 5 heteroatoms. The fraction of sp³-hybridized carbons (Fsp3) is 0.615. The van der Waals surface area contributed by atoms with Crippen molar-refractivity contribution in [2.75, 3.05) is 25.5 Å². The normalized spacial score (nSPS) is 25.1. The van der Waals surface area contributed by atoms with Crippen molar-refractivity contribution in [1.29, 1.82) is 0 Å². The molecule has 1 N–H and O–H groups in total. The highest BCUT2D eigenvalue weighted by atomic mass is 35.5. The third kappa shape index (κ3) is 3.34. The first-order valence-electron chi connectivity index (χ1n) is 6.29. The SMILES string of the molecule is CNc1ccc(Cl)c(CN2CC(C)OC(C)C2)n1. The second-order valence-corrected chi connectivity index (χ2v) is 5.23. The molecule has 100 valence electrons. The van der Waals surface area contributed by atoms with Crippen molar-refractivity contribution in [2.24, 2.45) is 0 Å². The molecule has 1 saturated heterocycles. The Morgan fingerprint density at radius 2 is 2.06 bits per heavy atom. The smallest absolute Gasteiger partial charge is 0.126 e. The van der Waals surface area contributed by atoms with E-state index in [4.69, 9.17) is 16.3 Å². The van der Waals surface area contributed by atoms with Crippen LogP contribution in [0.3, 0.4) is 0 Å². The Balaban J connectivity index is 2.08. The molecule has 0 aromatic carbocycles. The first-order chi connectivity index (χ1) is 8.58. The maximum Gasteiger partial charge on any atom is 0.126 e. The Bertz CT molecular complexity index is 403. The second-order valence-electron chi connectivity index (χ2n) is 4.83. The fourth-order valence-electron chi connectivity index (χ4n) is 2.36. The number of rotatable bonds is 3. The number of hydrogen-bond donors (Lipinski definition) is 1.